The van der Waals surface area contributed by atoms with E-state index in [0.717, 1.165) is 13.1 Å². The van der Waals surface area contributed by atoms with Gasteiger partial charge < -0.3 is 23.6 Å². The summed E-state index contributed by atoms with van der Waals surface area (Å²) in [4.78, 5) is 1.24. The van der Waals surface area contributed by atoms with E-state index < -0.39 is 31.7 Å². The zero-order valence-corrected chi connectivity index (χ0v) is 14.8. The van der Waals surface area contributed by atoms with Crippen LogP contribution in [0.1, 0.15) is 12.8 Å². The van der Waals surface area contributed by atoms with Crippen molar-refractivity contribution in [3.05, 3.63) is 0 Å². The van der Waals surface area contributed by atoms with Gasteiger partial charge >= 0.3 is 0 Å². The molecule has 0 aromatic heterocycles. The van der Waals surface area contributed by atoms with Crippen molar-refractivity contribution in [2.24, 2.45) is 0 Å². The highest BCUT2D eigenvalue weighted by molar-refractivity contribution is 7.85. The molecule has 2 N–H and O–H groups in total. The summed E-state index contributed by atoms with van der Waals surface area (Å²) in [5.74, 6) is -0.861. The maximum absolute atomic E-state index is 10.7. The third-order valence-corrected chi connectivity index (χ3v) is 5.98. The summed E-state index contributed by atoms with van der Waals surface area (Å²) in [6.45, 7) is 4.70. The summed E-state index contributed by atoms with van der Waals surface area (Å²) in [7, 11) is -8.52. The Morgan fingerprint density at radius 1 is 0.913 bits per heavy atom. The highest BCUT2D eigenvalue weighted by atomic mass is 32.2. The number of hydrogen-bond donors (Lipinski definition) is 2. The number of quaternary nitrogens is 2. The summed E-state index contributed by atoms with van der Waals surface area (Å²) in [5, 5.41) is 8.98. The number of piperazine rings is 1. The van der Waals surface area contributed by atoms with Gasteiger partial charge in [-0.2, -0.15) is 0 Å². The van der Waals surface area contributed by atoms with Crippen molar-refractivity contribution < 1.29 is 40.4 Å². The molecule has 0 radical (unpaired) electrons. The van der Waals surface area contributed by atoms with E-state index in [1.807, 2.05) is 0 Å². The second kappa shape index (κ2) is 8.70. The van der Waals surface area contributed by atoms with E-state index in [9.17, 15) is 25.9 Å². The Labute approximate surface area is 138 Å². The van der Waals surface area contributed by atoms with Gasteiger partial charge in [0.25, 0.3) is 0 Å². The first kappa shape index (κ1) is 20.7. The van der Waals surface area contributed by atoms with Crippen molar-refractivity contribution in [3.63, 3.8) is 0 Å². The Hall–Kier alpha value is -0.300. The van der Waals surface area contributed by atoms with Crippen LogP contribution in [0, 0.1) is 0 Å². The monoisotopic (exact) mass is 374 g/mol. The van der Waals surface area contributed by atoms with Gasteiger partial charge in [0.15, 0.2) is 0 Å². The van der Waals surface area contributed by atoms with Crippen LogP contribution in [0.3, 0.4) is 0 Å². The van der Waals surface area contributed by atoms with Crippen LogP contribution in [0.4, 0.5) is 0 Å². The Balaban J connectivity index is 2.61. The lowest BCUT2D eigenvalue weighted by atomic mass is 10.2. The molecule has 1 heterocycles. The highest BCUT2D eigenvalue weighted by Gasteiger charge is 2.34. The molecular formula is C12H26N2O7S2. The number of nitrogens with one attached hydrogen (secondary N) is 1. The average molecular weight is 374 g/mol. The van der Waals surface area contributed by atoms with Gasteiger partial charge in [-0.1, -0.05) is 0 Å². The third-order valence-electron chi connectivity index (χ3n) is 4.40. The SMILES string of the molecule is O=S(=O)([O-])CCC[N+]1(CCCS(=O)(=O)[O-])CC[NH+](CCO)CC1. The molecule has 0 saturated carbocycles. The Bertz CT molecular complexity index is 514. The second-order valence-corrected chi connectivity index (χ2v) is 9.24. The summed E-state index contributed by atoms with van der Waals surface area (Å²) < 4.78 is 65.0. The predicted octanol–water partition coefficient (Wildman–Crippen LogP) is -3.44. The topological polar surface area (TPSA) is 139 Å². The number of rotatable bonds is 10. The molecule has 1 aliphatic rings. The molecule has 11 heteroatoms. The van der Waals surface area contributed by atoms with E-state index in [1.165, 1.54) is 4.90 Å². The largest absolute Gasteiger partial charge is 0.748 e. The minimum absolute atomic E-state index is 0.0954. The van der Waals surface area contributed by atoms with Crippen molar-refractivity contribution >= 4 is 20.2 Å². The Kier molecular flexibility index (Phi) is 7.84. The van der Waals surface area contributed by atoms with Crippen LogP contribution in [0.15, 0.2) is 0 Å². The van der Waals surface area contributed by atoms with Crippen LogP contribution >= 0.6 is 0 Å². The lowest BCUT2D eigenvalue weighted by Crippen LogP contribution is -3.16. The van der Waals surface area contributed by atoms with Crippen LogP contribution in [0.25, 0.3) is 0 Å². The molecule has 23 heavy (non-hydrogen) atoms. The summed E-state index contributed by atoms with van der Waals surface area (Å²) in [6, 6.07) is 0. The van der Waals surface area contributed by atoms with Crippen molar-refractivity contribution in [1.82, 2.24) is 0 Å². The van der Waals surface area contributed by atoms with Gasteiger partial charge in [0.1, 0.15) is 32.7 Å². The number of hydrogen-bond acceptors (Lipinski definition) is 7. The van der Waals surface area contributed by atoms with Crippen molar-refractivity contribution in [1.29, 1.82) is 0 Å². The fourth-order valence-corrected chi connectivity index (χ4v) is 4.11. The first-order valence-electron chi connectivity index (χ1n) is 7.72. The van der Waals surface area contributed by atoms with Crippen molar-refractivity contribution in [2.45, 2.75) is 12.8 Å². The standard InChI is InChI=1S/C12H26N2O7S2/c15-10-5-13-3-8-14(9-4-13,6-1-11-22(16,17)18)7-2-12-23(19,20)21/h15H,1-12H2,(H-,16,17,18,19,20,21). The Morgan fingerprint density at radius 2 is 1.35 bits per heavy atom. The zero-order chi connectivity index (χ0) is 17.6. The molecule has 1 aliphatic heterocycles. The molecule has 1 fully saturated rings. The molecule has 0 atom stereocenters. The molecule has 0 spiro atoms. The fraction of sp³-hybridized carbons (Fsp3) is 1.00. The fourth-order valence-electron chi connectivity index (χ4n) is 3.15. The van der Waals surface area contributed by atoms with Crippen molar-refractivity contribution in [3.8, 4) is 0 Å². The van der Waals surface area contributed by atoms with E-state index in [2.05, 4.69) is 0 Å². The average Bonchev–Trinajstić information content (AvgIpc) is 2.39. The van der Waals surface area contributed by atoms with Gasteiger partial charge in [0.05, 0.1) is 39.9 Å². The molecule has 0 amide bonds. The van der Waals surface area contributed by atoms with Crippen LogP contribution in [-0.2, 0) is 20.2 Å². The Morgan fingerprint density at radius 3 is 1.70 bits per heavy atom. The summed E-state index contributed by atoms with van der Waals surface area (Å²) in [6.07, 6.45) is 0.455. The van der Waals surface area contributed by atoms with Crippen LogP contribution < -0.4 is 4.90 Å². The van der Waals surface area contributed by atoms with Gasteiger partial charge in [-0.15, -0.1) is 0 Å². The summed E-state index contributed by atoms with van der Waals surface area (Å²) in [5.41, 5.74) is 0. The molecule has 9 nitrogen and oxygen atoms in total. The van der Waals surface area contributed by atoms with Gasteiger partial charge in [-0.05, 0) is 0 Å². The molecule has 0 aliphatic carbocycles. The minimum Gasteiger partial charge on any atom is -0.748 e. The van der Waals surface area contributed by atoms with Gasteiger partial charge in [-0.25, -0.2) is 16.8 Å². The normalized spacial score (nSPS) is 19.8. The first-order chi connectivity index (χ1) is 10.6. The first-order valence-corrected chi connectivity index (χ1v) is 10.9. The van der Waals surface area contributed by atoms with Crippen LogP contribution in [0.5, 0.6) is 0 Å². The smallest absolute Gasteiger partial charge is 0.129 e. The lowest BCUT2D eigenvalue weighted by molar-refractivity contribution is -1.02. The van der Waals surface area contributed by atoms with E-state index in [4.69, 9.17) is 5.11 Å². The number of nitrogens with zero attached hydrogens (tertiary/aromatic N) is 1. The second-order valence-electron chi connectivity index (χ2n) is 6.19. The van der Waals surface area contributed by atoms with E-state index in [1.54, 1.807) is 0 Å². The predicted molar refractivity (Wildman–Crippen MR) is 80.7 cm³/mol. The molecule has 1 saturated heterocycles. The number of aliphatic hydroxyl groups excluding tert-OH is 1. The number of aliphatic hydroxyl groups is 1. The molecular weight excluding hydrogens is 348 g/mol. The molecule has 0 aromatic carbocycles. The van der Waals surface area contributed by atoms with Gasteiger partial charge in [0.2, 0.25) is 0 Å². The van der Waals surface area contributed by atoms with Crippen LogP contribution in [-0.4, -0.2) is 99.5 Å². The van der Waals surface area contributed by atoms with E-state index in [0.29, 0.717) is 37.2 Å². The molecule has 0 aromatic rings. The maximum atomic E-state index is 10.7. The molecule has 138 valence electrons. The molecule has 1 rings (SSSR count). The van der Waals surface area contributed by atoms with Crippen molar-refractivity contribution in [2.75, 3.05) is 63.9 Å². The third kappa shape index (κ3) is 8.94. The quantitative estimate of drug-likeness (QED) is 0.300. The maximum Gasteiger partial charge on any atom is 0.129 e. The molecule has 0 unspecified atom stereocenters. The van der Waals surface area contributed by atoms with E-state index in [-0.39, 0.29) is 19.4 Å². The van der Waals surface area contributed by atoms with Crippen LogP contribution in [0.2, 0.25) is 0 Å². The highest BCUT2D eigenvalue weighted by Crippen LogP contribution is 2.12. The minimum atomic E-state index is -4.26. The van der Waals surface area contributed by atoms with Gasteiger partial charge in [-0.3, -0.25) is 0 Å². The van der Waals surface area contributed by atoms with E-state index >= 15 is 0 Å². The van der Waals surface area contributed by atoms with Gasteiger partial charge in [0, 0.05) is 24.3 Å². The lowest BCUT2D eigenvalue weighted by Gasteiger charge is -2.43. The summed E-state index contributed by atoms with van der Waals surface area (Å²) >= 11 is 0. The molecule has 0 bridgehead atoms. The zero-order valence-electron chi connectivity index (χ0n) is 13.1.